The van der Waals surface area contributed by atoms with Crippen molar-refractivity contribution in [3.8, 4) is 0 Å². The van der Waals surface area contributed by atoms with Gasteiger partial charge >= 0.3 is 11.9 Å². The molecule has 0 radical (unpaired) electrons. The summed E-state index contributed by atoms with van der Waals surface area (Å²) in [7, 11) is 0. The van der Waals surface area contributed by atoms with Crippen molar-refractivity contribution < 1.29 is 29.6 Å². The van der Waals surface area contributed by atoms with Crippen molar-refractivity contribution >= 4 is 23.7 Å². The van der Waals surface area contributed by atoms with Crippen LogP contribution in [0.4, 0.5) is 0 Å². The number of aliphatic hydroxyl groups is 2. The van der Waals surface area contributed by atoms with E-state index in [9.17, 15) is 19.8 Å². The fourth-order valence-corrected chi connectivity index (χ4v) is 5.68. The topological polar surface area (TPSA) is 104 Å². The second kappa shape index (κ2) is 18.0. The van der Waals surface area contributed by atoms with Gasteiger partial charge < -0.3 is 20.1 Å². The van der Waals surface area contributed by atoms with Gasteiger partial charge in [-0.05, 0) is 43.3 Å². The summed E-state index contributed by atoms with van der Waals surface area (Å²) >= 11 is 1.65. The number of hydrogen-bond acceptors (Lipinski definition) is 6. The molecule has 0 aromatic heterocycles. The minimum Gasteiger partial charge on any atom is -0.481 e. The smallest absolute Gasteiger partial charge is 0.310 e. The minimum absolute atomic E-state index is 0.00318. The van der Waals surface area contributed by atoms with Gasteiger partial charge in [-0.25, -0.2) is 0 Å². The first-order chi connectivity index (χ1) is 16.4. The van der Waals surface area contributed by atoms with Gasteiger partial charge in [0.15, 0.2) is 0 Å². The van der Waals surface area contributed by atoms with Crippen LogP contribution < -0.4 is 0 Å². The molecule has 0 aromatic carbocycles. The number of thioether (sulfide) groups is 1. The van der Waals surface area contributed by atoms with Crippen molar-refractivity contribution in [1.29, 1.82) is 0 Å². The molecule has 0 aliphatic heterocycles. The SMILES string of the molecule is CCCC[C@@H](C)CC(/C=C/[C@@H]1C(SCCCCCC(=O)O)=C(OC(=O)CCC)CC1CO)CO. The van der Waals surface area contributed by atoms with Gasteiger partial charge in [-0.1, -0.05) is 58.6 Å². The summed E-state index contributed by atoms with van der Waals surface area (Å²) < 4.78 is 5.73. The molecule has 0 saturated heterocycles. The maximum atomic E-state index is 12.2. The van der Waals surface area contributed by atoms with Crippen molar-refractivity contribution in [2.24, 2.45) is 23.7 Å². The van der Waals surface area contributed by atoms with Gasteiger partial charge in [-0.3, -0.25) is 9.59 Å². The zero-order chi connectivity index (χ0) is 25.3. The molecule has 6 nitrogen and oxygen atoms in total. The van der Waals surface area contributed by atoms with Gasteiger partial charge in [0.2, 0.25) is 0 Å². The molecule has 0 amide bonds. The summed E-state index contributed by atoms with van der Waals surface area (Å²) in [4.78, 5) is 23.9. The number of allylic oxidation sites excluding steroid dienone is 3. The number of hydrogen-bond donors (Lipinski definition) is 3. The van der Waals surface area contributed by atoms with Gasteiger partial charge in [-0.15, -0.1) is 11.8 Å². The minimum atomic E-state index is -0.769. The fraction of sp³-hybridized carbons (Fsp3) is 0.778. The van der Waals surface area contributed by atoms with E-state index in [1.807, 2.05) is 6.92 Å². The Morgan fingerprint density at radius 3 is 2.50 bits per heavy atom. The molecule has 4 atom stereocenters. The normalized spacial score (nSPS) is 20.1. The Balaban J connectivity index is 2.92. The van der Waals surface area contributed by atoms with Crippen LogP contribution in [-0.2, 0) is 14.3 Å². The van der Waals surface area contributed by atoms with Gasteiger partial charge in [-0.2, -0.15) is 0 Å². The van der Waals surface area contributed by atoms with E-state index in [0.717, 1.165) is 42.8 Å². The van der Waals surface area contributed by atoms with Crippen LogP contribution in [0.2, 0.25) is 0 Å². The molecule has 0 heterocycles. The highest BCUT2D eigenvalue weighted by Gasteiger charge is 2.35. The zero-order valence-electron chi connectivity index (χ0n) is 21.3. The molecule has 196 valence electrons. The summed E-state index contributed by atoms with van der Waals surface area (Å²) in [6, 6.07) is 0. The third kappa shape index (κ3) is 11.9. The number of ether oxygens (including phenoxy) is 1. The average molecular weight is 499 g/mol. The highest BCUT2D eigenvalue weighted by atomic mass is 32.2. The third-order valence-electron chi connectivity index (χ3n) is 6.33. The Morgan fingerprint density at radius 1 is 1.12 bits per heavy atom. The van der Waals surface area contributed by atoms with E-state index in [4.69, 9.17) is 9.84 Å². The van der Waals surface area contributed by atoms with Crippen LogP contribution in [0.15, 0.2) is 22.8 Å². The highest BCUT2D eigenvalue weighted by Crippen LogP contribution is 2.45. The first kappa shape index (κ1) is 30.7. The van der Waals surface area contributed by atoms with E-state index in [0.29, 0.717) is 30.9 Å². The number of unbranched alkanes of at least 4 members (excludes halogenated alkanes) is 3. The summed E-state index contributed by atoms with van der Waals surface area (Å²) in [6.07, 6.45) is 12.8. The molecule has 1 aliphatic rings. The van der Waals surface area contributed by atoms with Crippen LogP contribution in [0.5, 0.6) is 0 Å². The van der Waals surface area contributed by atoms with Crippen LogP contribution >= 0.6 is 11.8 Å². The molecule has 0 bridgehead atoms. The van der Waals surface area contributed by atoms with E-state index in [-0.39, 0.29) is 43.4 Å². The molecule has 2 unspecified atom stereocenters. The lowest BCUT2D eigenvalue weighted by molar-refractivity contribution is -0.140. The standard InChI is InChI=1S/C27H46O6S/c1-4-6-11-20(3)16-21(18-28)13-14-23-22(19-29)17-24(33-26(32)10-5-2)27(23)34-15-9-7-8-12-25(30)31/h13-14,20-23,28-29H,4-12,15-19H2,1-3H3,(H,30,31)/b14-13+/t20-,21?,22?,23+/m1/s1. The molecular weight excluding hydrogens is 452 g/mol. The first-order valence-electron chi connectivity index (χ1n) is 13.0. The van der Waals surface area contributed by atoms with Crippen molar-refractivity contribution in [1.82, 2.24) is 0 Å². The Kier molecular flexibility index (Phi) is 16.3. The van der Waals surface area contributed by atoms with Crippen LogP contribution in [0.1, 0.15) is 91.4 Å². The Labute approximate surface area is 210 Å². The second-order valence-electron chi connectivity index (χ2n) is 9.55. The lowest BCUT2D eigenvalue weighted by Gasteiger charge is -2.20. The van der Waals surface area contributed by atoms with Gasteiger partial charge in [0.05, 0.1) is 0 Å². The van der Waals surface area contributed by atoms with Crippen molar-refractivity contribution in [2.45, 2.75) is 91.4 Å². The highest BCUT2D eigenvalue weighted by molar-refractivity contribution is 8.03. The summed E-state index contributed by atoms with van der Waals surface area (Å²) in [5.74, 6) is 0.986. The number of aliphatic hydroxyl groups excluding tert-OH is 2. The molecule has 0 fully saturated rings. The van der Waals surface area contributed by atoms with E-state index >= 15 is 0 Å². The molecule has 0 saturated carbocycles. The monoisotopic (exact) mass is 498 g/mol. The van der Waals surface area contributed by atoms with Gasteiger partial charge in [0.25, 0.3) is 0 Å². The summed E-state index contributed by atoms with van der Waals surface area (Å²) in [5, 5.41) is 28.8. The van der Waals surface area contributed by atoms with Gasteiger partial charge in [0.1, 0.15) is 5.76 Å². The Bertz CT molecular complexity index is 660. The fourth-order valence-electron chi connectivity index (χ4n) is 4.36. The Hall–Kier alpha value is -1.31. The van der Waals surface area contributed by atoms with Crippen LogP contribution in [0.3, 0.4) is 0 Å². The van der Waals surface area contributed by atoms with Crippen molar-refractivity contribution in [2.75, 3.05) is 19.0 Å². The predicted molar refractivity (Wildman–Crippen MR) is 138 cm³/mol. The second-order valence-corrected chi connectivity index (χ2v) is 10.7. The van der Waals surface area contributed by atoms with Crippen molar-refractivity contribution in [3.05, 3.63) is 22.8 Å². The summed E-state index contributed by atoms with van der Waals surface area (Å²) in [6.45, 7) is 6.46. The largest absolute Gasteiger partial charge is 0.481 e. The number of carbonyl (C=O) groups excluding carboxylic acids is 1. The van der Waals surface area contributed by atoms with E-state index in [1.54, 1.807) is 11.8 Å². The number of esters is 1. The molecule has 7 heteroatoms. The van der Waals surface area contributed by atoms with Gasteiger partial charge in [0, 0.05) is 49.2 Å². The third-order valence-corrected chi connectivity index (χ3v) is 7.64. The number of carbonyl (C=O) groups is 2. The number of carboxylic acid groups (broad SMARTS) is 1. The maximum Gasteiger partial charge on any atom is 0.310 e. The lowest BCUT2D eigenvalue weighted by Crippen LogP contribution is -2.14. The Morgan fingerprint density at radius 2 is 1.88 bits per heavy atom. The lowest BCUT2D eigenvalue weighted by atomic mass is 9.89. The average Bonchev–Trinajstić information content (AvgIpc) is 3.13. The summed E-state index contributed by atoms with van der Waals surface area (Å²) in [5.41, 5.74) is 0. The molecule has 3 N–H and O–H groups in total. The number of aliphatic carboxylic acids is 1. The zero-order valence-corrected chi connectivity index (χ0v) is 22.2. The number of rotatable bonds is 19. The first-order valence-corrected chi connectivity index (χ1v) is 14.0. The quantitative estimate of drug-likeness (QED) is 0.115. The van der Waals surface area contributed by atoms with E-state index < -0.39 is 5.97 Å². The van der Waals surface area contributed by atoms with E-state index in [2.05, 4.69) is 26.0 Å². The van der Waals surface area contributed by atoms with Crippen LogP contribution in [0.25, 0.3) is 0 Å². The van der Waals surface area contributed by atoms with E-state index in [1.165, 1.54) is 12.8 Å². The molecule has 0 aromatic rings. The molecule has 1 rings (SSSR count). The molecule has 0 spiro atoms. The van der Waals surface area contributed by atoms with Crippen LogP contribution in [0, 0.1) is 23.7 Å². The predicted octanol–water partition coefficient (Wildman–Crippen LogP) is 5.93. The number of carboxylic acids is 1. The maximum absolute atomic E-state index is 12.2. The molecule has 1 aliphatic carbocycles. The van der Waals surface area contributed by atoms with Crippen molar-refractivity contribution in [3.63, 3.8) is 0 Å². The molecule has 34 heavy (non-hydrogen) atoms. The van der Waals surface area contributed by atoms with Crippen LogP contribution in [-0.4, -0.2) is 46.2 Å². The molecular formula is C27H46O6S.